The van der Waals surface area contributed by atoms with E-state index in [4.69, 9.17) is 4.11 Å². The minimum Gasteiger partial charge on any atom is 0 e. The second kappa shape index (κ2) is 15.4. The van der Waals surface area contributed by atoms with Crippen molar-refractivity contribution in [3.63, 3.8) is 0 Å². The zero-order valence-electron chi connectivity index (χ0n) is 27.5. The van der Waals surface area contributed by atoms with Crippen LogP contribution in [0.2, 0.25) is 0 Å². The zero-order valence-corrected chi connectivity index (χ0v) is 28.6. The molecule has 0 aliphatic heterocycles. The van der Waals surface area contributed by atoms with Gasteiger partial charge >= 0.3 is 166 Å². The van der Waals surface area contributed by atoms with Gasteiger partial charge in [0, 0.05) is 38.0 Å². The SMILES string of the molecule is CCC(CC)C(=O)/C=C(\O)C(CC)CC.[2H]c1nc(-c2[c-]c3ccccc3[se]2)c2c(F)c3cc([2H])c([2H])cc3c(C(F)(F)F)c2n1.[Ir]. The first-order chi connectivity index (χ1) is 21.7. The molecule has 0 fully saturated rings. The van der Waals surface area contributed by atoms with Gasteiger partial charge in [-0.05, 0) is 25.7 Å². The number of halogens is 4. The van der Waals surface area contributed by atoms with Crippen LogP contribution in [0.3, 0.4) is 0 Å². The van der Waals surface area contributed by atoms with E-state index in [9.17, 15) is 23.1 Å². The predicted octanol–water partition coefficient (Wildman–Crippen LogP) is 9.49. The Morgan fingerprint density at radius 1 is 1.00 bits per heavy atom. The Labute approximate surface area is 277 Å². The van der Waals surface area contributed by atoms with Crippen LogP contribution in [0.1, 0.15) is 63.1 Å². The van der Waals surface area contributed by atoms with Crippen LogP contribution in [0, 0.1) is 23.7 Å². The van der Waals surface area contributed by atoms with Crippen molar-refractivity contribution in [1.29, 1.82) is 0 Å². The molecule has 0 atom stereocenters. The van der Waals surface area contributed by atoms with E-state index < -0.39 is 72.1 Å². The molecule has 0 bridgehead atoms. The quantitative estimate of drug-likeness (QED) is 0.0422. The number of aliphatic hydroxyl groups excluding tert-OH is 1. The van der Waals surface area contributed by atoms with Crippen LogP contribution >= 0.6 is 0 Å². The molecule has 0 aliphatic rings. The zero-order chi connectivity index (χ0) is 33.9. The first-order valence-electron chi connectivity index (χ1n) is 15.6. The number of alkyl halides is 3. The average molecular weight is 852 g/mol. The van der Waals surface area contributed by atoms with Crippen molar-refractivity contribution < 1.29 is 51.7 Å². The second-order valence-electron chi connectivity index (χ2n) is 10.0. The fourth-order valence-corrected chi connectivity index (χ4v) is 7.13. The molecule has 0 aliphatic carbocycles. The largest absolute Gasteiger partial charge is 0 e. The molecule has 10 heteroatoms. The van der Waals surface area contributed by atoms with Crippen molar-refractivity contribution in [2.75, 3.05) is 0 Å². The summed E-state index contributed by atoms with van der Waals surface area (Å²) in [5, 5.41) is 9.05. The van der Waals surface area contributed by atoms with Gasteiger partial charge in [0.25, 0.3) is 0 Å². The Balaban J connectivity index is 0.000000322. The first kappa shape index (κ1) is 31.1. The third kappa shape index (κ3) is 7.48. The van der Waals surface area contributed by atoms with Gasteiger partial charge in [-0.1, -0.05) is 27.7 Å². The molecular weight excluding hydrogens is 816 g/mol. The van der Waals surface area contributed by atoms with Gasteiger partial charge in [0.1, 0.15) is 0 Å². The summed E-state index contributed by atoms with van der Waals surface area (Å²) in [6.07, 6.45) is -0.695. The molecule has 5 rings (SSSR count). The maximum absolute atomic E-state index is 15.6. The smallest absolute Gasteiger partial charge is 0 e. The number of hydrogen-bond donors (Lipinski definition) is 1. The normalized spacial score (nSPS) is 13.0. The molecular formula is C34H33F4IrN2O2Se-. The molecule has 0 saturated carbocycles. The maximum atomic E-state index is 15.6. The van der Waals surface area contributed by atoms with Gasteiger partial charge in [-0.3, -0.25) is 4.79 Å². The number of fused-ring (bicyclic) bond motifs is 3. The summed E-state index contributed by atoms with van der Waals surface area (Å²) in [5.41, 5.74) is -2.07. The van der Waals surface area contributed by atoms with E-state index in [2.05, 4.69) is 16.0 Å². The van der Waals surface area contributed by atoms with E-state index in [-0.39, 0.29) is 49.2 Å². The Hall–Kier alpha value is -2.90. The molecule has 44 heavy (non-hydrogen) atoms. The third-order valence-corrected chi connectivity index (χ3v) is 9.75. The molecule has 235 valence electrons. The van der Waals surface area contributed by atoms with Crippen LogP contribution in [0.15, 0.2) is 66.6 Å². The number of carbonyl (C=O) groups is 1. The van der Waals surface area contributed by atoms with Gasteiger partial charge in [-0.2, -0.15) is 0 Å². The number of nitrogens with zero attached hydrogens (tertiary/aromatic N) is 2. The van der Waals surface area contributed by atoms with E-state index in [1.807, 2.05) is 39.8 Å². The molecule has 2 heterocycles. The molecule has 3 aromatic carbocycles. The topological polar surface area (TPSA) is 63.1 Å². The van der Waals surface area contributed by atoms with Crippen LogP contribution < -0.4 is 0 Å². The maximum Gasteiger partial charge on any atom is 0 e. The summed E-state index contributed by atoms with van der Waals surface area (Å²) >= 11 is -0.393. The number of hydrogen-bond acceptors (Lipinski definition) is 4. The minimum atomic E-state index is -4.93. The van der Waals surface area contributed by atoms with Gasteiger partial charge in [0.2, 0.25) is 0 Å². The van der Waals surface area contributed by atoms with E-state index in [1.54, 1.807) is 12.1 Å². The number of carbonyl (C=O) groups excluding carboxylic acids is 1. The van der Waals surface area contributed by atoms with Crippen molar-refractivity contribution >= 4 is 51.6 Å². The standard InChI is InChI=1S/C21H9F4N2Se.C13H24O2.Ir/c22-18-13-7-3-2-6-12(13)17(21(23,24)25)20-16(18)19(26-10-27-20)15-9-11-5-1-4-8-14(11)28-15;1-5-10(6-2)12(14)9-13(15)11(7-3)8-4;/h1-8,10H;9-11,14H,5-8H2,1-4H3;/q-1;;/b;12-9-;/i2D,3D,10D;;. The molecule has 1 N–H and O–H groups in total. The van der Waals surface area contributed by atoms with Crippen molar-refractivity contribution in [3.8, 4) is 10.1 Å². The Morgan fingerprint density at radius 3 is 2.20 bits per heavy atom. The number of ketones is 1. The first-order valence-corrected chi connectivity index (χ1v) is 15.8. The molecule has 0 amide bonds. The summed E-state index contributed by atoms with van der Waals surface area (Å²) in [6.45, 7) is 8.07. The van der Waals surface area contributed by atoms with Gasteiger partial charge in [0.15, 0.2) is 5.78 Å². The monoisotopic (exact) mass is 853 g/mol. The van der Waals surface area contributed by atoms with Gasteiger partial charge in [0.05, 0.1) is 5.76 Å². The van der Waals surface area contributed by atoms with Gasteiger partial charge in [-0.25, -0.2) is 0 Å². The van der Waals surface area contributed by atoms with Crippen LogP contribution in [0.4, 0.5) is 17.6 Å². The number of allylic oxidation sites excluding steroid dienone is 2. The van der Waals surface area contributed by atoms with E-state index >= 15 is 4.39 Å². The number of aliphatic hydroxyl groups is 1. The van der Waals surface area contributed by atoms with Crippen LogP contribution in [-0.4, -0.2) is 35.4 Å². The summed E-state index contributed by atoms with van der Waals surface area (Å²) in [4.78, 5) is 19.3. The number of aromatic nitrogens is 2. The molecule has 5 aromatic rings. The van der Waals surface area contributed by atoms with Crippen LogP contribution in [0.5, 0.6) is 0 Å². The fourth-order valence-electron chi connectivity index (χ4n) is 5.03. The summed E-state index contributed by atoms with van der Waals surface area (Å²) in [7, 11) is 0. The second-order valence-corrected chi connectivity index (χ2v) is 12.2. The fraction of sp³-hybridized carbons (Fsp3) is 0.324. The van der Waals surface area contributed by atoms with Gasteiger partial charge in [-0.15, -0.1) is 0 Å². The Kier molecular flexibility index (Phi) is 10.9. The van der Waals surface area contributed by atoms with Gasteiger partial charge < -0.3 is 5.11 Å². The molecule has 1 radical (unpaired) electrons. The summed E-state index contributed by atoms with van der Waals surface area (Å²) in [6, 6.07) is 11.2. The van der Waals surface area contributed by atoms with Crippen molar-refractivity contribution in [2.24, 2.45) is 11.8 Å². The van der Waals surface area contributed by atoms with E-state index in [0.717, 1.165) is 47.5 Å². The van der Waals surface area contributed by atoms with E-state index in [0.29, 0.717) is 4.44 Å². The molecule has 0 saturated heterocycles. The molecule has 0 unspecified atom stereocenters. The van der Waals surface area contributed by atoms with Crippen LogP contribution in [0.25, 0.3) is 41.5 Å². The van der Waals surface area contributed by atoms with Crippen molar-refractivity contribution in [1.82, 2.24) is 9.97 Å². The molecule has 4 nitrogen and oxygen atoms in total. The summed E-state index contributed by atoms with van der Waals surface area (Å²) in [5.74, 6) is -0.464. The van der Waals surface area contributed by atoms with Crippen LogP contribution in [-0.2, 0) is 31.1 Å². The predicted molar refractivity (Wildman–Crippen MR) is 165 cm³/mol. The minimum absolute atomic E-state index is 0. The Morgan fingerprint density at radius 2 is 1.61 bits per heavy atom. The third-order valence-electron chi connectivity index (χ3n) is 7.49. The molecule has 2 aromatic heterocycles. The van der Waals surface area contributed by atoms with Crippen molar-refractivity contribution in [2.45, 2.75) is 59.6 Å². The Bertz CT molecular complexity index is 1910. The summed E-state index contributed by atoms with van der Waals surface area (Å²) < 4.78 is 82.6. The molecule has 0 spiro atoms. The average Bonchev–Trinajstić information content (AvgIpc) is 3.43. The van der Waals surface area contributed by atoms with E-state index in [1.165, 1.54) is 6.08 Å². The van der Waals surface area contributed by atoms with Crippen molar-refractivity contribution in [3.05, 3.63) is 84.1 Å². The number of rotatable bonds is 8. The number of benzene rings is 3.